The van der Waals surface area contributed by atoms with Crippen LogP contribution in [0, 0.1) is 0 Å². The van der Waals surface area contributed by atoms with E-state index in [0.29, 0.717) is 11.5 Å². The highest BCUT2D eigenvalue weighted by Gasteiger charge is 2.50. The molecule has 0 aliphatic carbocycles. The number of aliphatic hydroxyl groups is 3. The number of benzene rings is 1. The van der Waals surface area contributed by atoms with E-state index in [1.54, 1.807) is 34.0 Å². The summed E-state index contributed by atoms with van der Waals surface area (Å²) < 4.78 is 11.5. The summed E-state index contributed by atoms with van der Waals surface area (Å²) in [6, 6.07) is 8.03. The monoisotopic (exact) mass is 524 g/mol. The number of thioether (sulfide) groups is 1. The molecule has 4 heterocycles. The topological polar surface area (TPSA) is 142 Å². The average molecular weight is 525 g/mol. The first-order valence-corrected chi connectivity index (χ1v) is 13.8. The molecule has 2 aliphatic rings. The molecule has 184 valence electrons. The number of para-hydroxylation sites is 1. The van der Waals surface area contributed by atoms with Gasteiger partial charge in [-0.3, -0.25) is 4.57 Å². The van der Waals surface area contributed by atoms with E-state index in [2.05, 4.69) is 27.6 Å². The van der Waals surface area contributed by atoms with Gasteiger partial charge in [0, 0.05) is 0 Å². The fourth-order valence-corrected chi connectivity index (χ4v) is 7.86. The van der Waals surface area contributed by atoms with Gasteiger partial charge in [-0.05, 0) is 36.8 Å². The maximum absolute atomic E-state index is 10.6. The van der Waals surface area contributed by atoms with E-state index >= 15 is 0 Å². The molecule has 5 rings (SSSR count). The average Bonchev–Trinajstić information content (AvgIpc) is 3.52. The lowest BCUT2D eigenvalue weighted by Gasteiger charge is -2.48. The number of nitrogens with two attached hydrogens (primary N) is 1. The largest absolute Gasteiger partial charge is 0.394 e. The predicted molar refractivity (Wildman–Crippen MR) is 134 cm³/mol. The highest BCUT2D eigenvalue weighted by molar-refractivity contribution is 8.03. The van der Waals surface area contributed by atoms with E-state index in [0.717, 1.165) is 27.4 Å². The number of thiazole rings is 1. The highest BCUT2D eigenvalue weighted by atomic mass is 32.2. The van der Waals surface area contributed by atoms with Gasteiger partial charge in [-0.15, -0.1) is 23.1 Å². The van der Waals surface area contributed by atoms with Crippen LogP contribution in [0.3, 0.4) is 0 Å². The van der Waals surface area contributed by atoms with Crippen LogP contribution in [0.2, 0.25) is 0 Å². The molecule has 1 saturated heterocycles. The maximum Gasteiger partial charge on any atom is 0.166 e. The molecule has 3 aromatic rings. The summed E-state index contributed by atoms with van der Waals surface area (Å²) in [6.45, 7) is 1.72. The first-order chi connectivity index (χ1) is 16.4. The maximum atomic E-state index is 10.6. The van der Waals surface area contributed by atoms with E-state index in [1.807, 2.05) is 24.5 Å². The van der Waals surface area contributed by atoms with Crippen LogP contribution in [0.15, 0.2) is 34.9 Å². The van der Waals surface area contributed by atoms with Crippen LogP contribution in [0.1, 0.15) is 37.9 Å². The van der Waals surface area contributed by atoms with Crippen LogP contribution in [0.25, 0.3) is 10.2 Å². The zero-order chi connectivity index (χ0) is 24.0. The van der Waals surface area contributed by atoms with E-state index in [4.69, 9.17) is 15.5 Å². The number of ether oxygens (including phenoxy) is 1. The van der Waals surface area contributed by atoms with Crippen molar-refractivity contribution in [3.05, 3.63) is 36.3 Å². The zero-order valence-electron chi connectivity index (χ0n) is 18.7. The summed E-state index contributed by atoms with van der Waals surface area (Å²) in [7, 11) is 0. The number of anilines is 1. The summed E-state index contributed by atoms with van der Waals surface area (Å²) in [4.78, 5) is 8.74. The molecule has 1 fully saturated rings. The molecule has 0 saturated carbocycles. The van der Waals surface area contributed by atoms with Gasteiger partial charge in [0.25, 0.3) is 0 Å². The molecule has 0 bridgehead atoms. The number of aliphatic hydroxyl groups excluding tert-OH is 3. The molecule has 0 amide bonds. The minimum Gasteiger partial charge on any atom is -0.394 e. The van der Waals surface area contributed by atoms with Crippen molar-refractivity contribution in [3.63, 3.8) is 0 Å². The normalized spacial score (nSPS) is 31.6. The van der Waals surface area contributed by atoms with Crippen molar-refractivity contribution in [3.8, 4) is 0 Å². The molecular weight excluding hydrogens is 496 g/mol. The standard InChI is InChI=1S/C21H28N6O4S3/c1-3-8-21(32-2)25-18-14(23-10-26(18)19-16(30)15(29)12(9-28)31-19)17(22)27(21)34-20-24-11-6-4-5-7-13(11)33-20/h4-7,10,12,15-17,19,25,28-30H,3,8-9,22H2,1-2H3/t12-,15?,16?,17?,19-,21?/m1/s1. The van der Waals surface area contributed by atoms with E-state index in [-0.39, 0.29) is 0 Å². The molecule has 6 N–H and O–H groups in total. The molecular formula is C21H28N6O4S3. The first-order valence-electron chi connectivity index (χ1n) is 11.0. The van der Waals surface area contributed by atoms with Gasteiger partial charge < -0.3 is 31.1 Å². The Balaban J connectivity index is 1.52. The van der Waals surface area contributed by atoms with Gasteiger partial charge >= 0.3 is 0 Å². The lowest BCUT2D eigenvalue weighted by molar-refractivity contribution is -0.0521. The molecule has 2 aromatic heterocycles. The number of imidazole rings is 1. The Bertz CT molecular complexity index is 1130. The SMILES string of the molecule is CCCC1(SC)Nc2c(ncn2[C@@H]2O[C@H](CO)C(O)C2O)C(N)N1Sc1nc2ccccc2s1. The van der Waals surface area contributed by atoms with Crippen molar-refractivity contribution >= 4 is 51.1 Å². The van der Waals surface area contributed by atoms with Gasteiger partial charge in [-0.1, -0.05) is 25.5 Å². The second-order valence-corrected chi connectivity index (χ2v) is 11.6. The molecule has 13 heteroatoms. The quantitative estimate of drug-likeness (QED) is 0.291. The Morgan fingerprint density at radius 2 is 2.09 bits per heavy atom. The third kappa shape index (κ3) is 3.92. The van der Waals surface area contributed by atoms with Crippen LogP contribution < -0.4 is 11.1 Å². The van der Waals surface area contributed by atoms with Crippen molar-refractivity contribution < 1.29 is 20.1 Å². The minimum absolute atomic E-state index is 0.393. The second-order valence-electron chi connectivity index (χ2n) is 8.29. The molecule has 34 heavy (non-hydrogen) atoms. The lowest BCUT2D eigenvalue weighted by atomic mass is 10.1. The van der Waals surface area contributed by atoms with Gasteiger partial charge in [-0.2, -0.15) is 4.31 Å². The molecule has 4 unspecified atom stereocenters. The van der Waals surface area contributed by atoms with Gasteiger partial charge in [-0.25, -0.2) is 9.97 Å². The Morgan fingerprint density at radius 3 is 2.76 bits per heavy atom. The van der Waals surface area contributed by atoms with Gasteiger partial charge in [0.15, 0.2) is 15.6 Å². The molecule has 2 aliphatic heterocycles. The fourth-order valence-electron chi connectivity index (χ4n) is 4.46. The molecule has 6 atom stereocenters. The smallest absolute Gasteiger partial charge is 0.166 e. The highest BCUT2D eigenvalue weighted by Crippen LogP contribution is 2.50. The molecule has 0 spiro atoms. The summed E-state index contributed by atoms with van der Waals surface area (Å²) in [5, 5.41) is 33.9. The van der Waals surface area contributed by atoms with Crippen LogP contribution >= 0.6 is 35.0 Å². The van der Waals surface area contributed by atoms with E-state index in [1.165, 1.54) is 11.9 Å². The number of hydrogen-bond donors (Lipinski definition) is 5. The van der Waals surface area contributed by atoms with Crippen molar-refractivity contribution in [2.24, 2.45) is 5.73 Å². The Morgan fingerprint density at radius 1 is 1.29 bits per heavy atom. The Hall–Kier alpha value is -1.42. The summed E-state index contributed by atoms with van der Waals surface area (Å²) in [5.41, 5.74) is 8.36. The second kappa shape index (κ2) is 9.56. The van der Waals surface area contributed by atoms with Crippen molar-refractivity contribution in [2.45, 2.75) is 59.8 Å². The van der Waals surface area contributed by atoms with Gasteiger partial charge in [0.1, 0.15) is 36.0 Å². The number of nitrogens with zero attached hydrogens (tertiary/aromatic N) is 4. The van der Waals surface area contributed by atoms with Gasteiger partial charge in [0.2, 0.25) is 0 Å². The third-order valence-corrected chi connectivity index (χ3v) is 9.77. The third-order valence-electron chi connectivity index (χ3n) is 6.19. The summed E-state index contributed by atoms with van der Waals surface area (Å²) >= 11 is 4.77. The fraction of sp³-hybridized carbons (Fsp3) is 0.524. The number of aromatic nitrogens is 3. The molecule has 10 nitrogen and oxygen atoms in total. The number of fused-ring (bicyclic) bond motifs is 2. The van der Waals surface area contributed by atoms with E-state index in [9.17, 15) is 15.3 Å². The molecule has 0 radical (unpaired) electrons. The van der Waals surface area contributed by atoms with E-state index < -0.39 is 42.3 Å². The number of hydrogen-bond acceptors (Lipinski definition) is 12. The van der Waals surface area contributed by atoms with Gasteiger partial charge in [0.05, 0.1) is 23.2 Å². The first kappa shape index (κ1) is 24.3. The predicted octanol–water partition coefficient (Wildman–Crippen LogP) is 2.31. The number of rotatable bonds is 7. The summed E-state index contributed by atoms with van der Waals surface area (Å²) in [5.74, 6) is 0.631. The van der Waals surface area contributed by atoms with Crippen molar-refractivity contribution in [1.29, 1.82) is 0 Å². The van der Waals surface area contributed by atoms with Crippen LogP contribution in [0.5, 0.6) is 0 Å². The van der Waals surface area contributed by atoms with Crippen LogP contribution in [-0.2, 0) is 4.74 Å². The van der Waals surface area contributed by atoms with Crippen LogP contribution in [0.4, 0.5) is 5.82 Å². The molecule has 1 aromatic carbocycles. The Kier molecular flexibility index (Phi) is 6.83. The van der Waals surface area contributed by atoms with Crippen molar-refractivity contribution in [1.82, 2.24) is 18.8 Å². The zero-order valence-corrected chi connectivity index (χ0v) is 21.2. The minimum atomic E-state index is -1.21. The van der Waals surface area contributed by atoms with Crippen LogP contribution in [-0.4, -0.2) is 70.3 Å². The summed E-state index contributed by atoms with van der Waals surface area (Å²) in [6.07, 6.45) is 0.520. The lowest BCUT2D eigenvalue weighted by Crippen LogP contribution is -2.55. The van der Waals surface area contributed by atoms with Crippen molar-refractivity contribution in [2.75, 3.05) is 18.2 Å². The Labute approximate surface area is 209 Å². The number of nitrogens with one attached hydrogen (secondary N) is 1.